The Kier molecular flexibility index (Phi) is 4.23. The van der Waals surface area contributed by atoms with E-state index in [1.807, 2.05) is 6.07 Å². The number of nitrogens with one attached hydrogen (secondary N) is 1. The molecule has 1 rings (SSSR count). The molecular formula is C12H13N3O2. The molecule has 0 radical (unpaired) electrons. The summed E-state index contributed by atoms with van der Waals surface area (Å²) in [6.45, 7) is 5.75. The monoisotopic (exact) mass is 231 g/mol. The van der Waals surface area contributed by atoms with Gasteiger partial charge in [-0.15, -0.1) is 6.58 Å². The lowest BCUT2D eigenvalue weighted by atomic mass is 10.1. The van der Waals surface area contributed by atoms with Gasteiger partial charge in [-0.05, 0) is 13.0 Å². The molecule has 0 aliphatic carbocycles. The maximum atomic E-state index is 11.4. The van der Waals surface area contributed by atoms with Gasteiger partial charge in [-0.25, -0.2) is 9.78 Å². The zero-order chi connectivity index (χ0) is 12.8. The first kappa shape index (κ1) is 12.7. The number of hydrogen-bond acceptors (Lipinski definition) is 5. The number of methoxy groups -OCH3 is 1. The largest absolute Gasteiger partial charge is 0.465 e. The minimum atomic E-state index is -0.498. The van der Waals surface area contributed by atoms with Gasteiger partial charge in [-0.3, -0.25) is 0 Å². The third kappa shape index (κ3) is 2.82. The lowest BCUT2D eigenvalue weighted by molar-refractivity contribution is 0.0599. The number of esters is 1. The summed E-state index contributed by atoms with van der Waals surface area (Å²) in [5, 5.41) is 11.9. The number of carbonyl (C=O) groups excluding carboxylic acids is 1. The number of pyridine rings is 1. The van der Waals surface area contributed by atoms with E-state index in [-0.39, 0.29) is 0 Å². The van der Waals surface area contributed by atoms with E-state index in [1.54, 1.807) is 13.0 Å². The molecule has 0 bridgehead atoms. The van der Waals surface area contributed by atoms with Crippen molar-refractivity contribution in [2.45, 2.75) is 6.92 Å². The fourth-order valence-electron chi connectivity index (χ4n) is 1.31. The summed E-state index contributed by atoms with van der Waals surface area (Å²) < 4.78 is 4.61. The highest BCUT2D eigenvalue weighted by molar-refractivity contribution is 5.91. The third-order valence-corrected chi connectivity index (χ3v) is 2.15. The van der Waals surface area contributed by atoms with Crippen molar-refractivity contribution >= 4 is 11.8 Å². The summed E-state index contributed by atoms with van der Waals surface area (Å²) >= 11 is 0. The van der Waals surface area contributed by atoms with Crippen molar-refractivity contribution in [3.8, 4) is 6.07 Å². The number of nitriles is 1. The predicted molar refractivity (Wildman–Crippen MR) is 63.7 cm³/mol. The maximum absolute atomic E-state index is 11.4. The van der Waals surface area contributed by atoms with Gasteiger partial charge in [-0.1, -0.05) is 6.08 Å². The summed E-state index contributed by atoms with van der Waals surface area (Å²) in [6.07, 6.45) is 1.66. The number of hydrogen-bond donors (Lipinski definition) is 1. The van der Waals surface area contributed by atoms with E-state index >= 15 is 0 Å². The SMILES string of the molecule is C=CCNc1nc(C)c(C(=O)OC)cc1C#N. The molecule has 0 fully saturated rings. The van der Waals surface area contributed by atoms with Crippen LogP contribution in [0.25, 0.3) is 0 Å². The molecule has 88 valence electrons. The van der Waals surface area contributed by atoms with Gasteiger partial charge in [0.25, 0.3) is 0 Å². The Bertz CT molecular complexity index is 489. The second kappa shape index (κ2) is 5.66. The topological polar surface area (TPSA) is 75.0 Å². The van der Waals surface area contributed by atoms with Gasteiger partial charge < -0.3 is 10.1 Å². The van der Waals surface area contributed by atoms with Gasteiger partial charge in [0, 0.05) is 6.54 Å². The Morgan fingerprint density at radius 3 is 3.00 bits per heavy atom. The third-order valence-electron chi connectivity index (χ3n) is 2.15. The molecule has 0 aliphatic heterocycles. The number of anilines is 1. The van der Waals surface area contributed by atoms with E-state index in [9.17, 15) is 4.79 Å². The van der Waals surface area contributed by atoms with Crippen LogP contribution in [0.5, 0.6) is 0 Å². The maximum Gasteiger partial charge on any atom is 0.339 e. The van der Waals surface area contributed by atoms with Crippen molar-refractivity contribution in [2.24, 2.45) is 0 Å². The van der Waals surface area contributed by atoms with Gasteiger partial charge >= 0.3 is 5.97 Å². The van der Waals surface area contributed by atoms with Crippen LogP contribution in [0.1, 0.15) is 21.6 Å². The Hall–Kier alpha value is -2.35. The van der Waals surface area contributed by atoms with E-state index in [4.69, 9.17) is 5.26 Å². The smallest absolute Gasteiger partial charge is 0.339 e. The van der Waals surface area contributed by atoms with Gasteiger partial charge in [-0.2, -0.15) is 5.26 Å². The Morgan fingerprint density at radius 1 is 1.76 bits per heavy atom. The van der Waals surface area contributed by atoms with E-state index in [0.717, 1.165) is 0 Å². The van der Waals surface area contributed by atoms with Crippen molar-refractivity contribution in [1.29, 1.82) is 5.26 Å². The summed E-state index contributed by atoms with van der Waals surface area (Å²) in [6, 6.07) is 3.46. The number of nitrogens with zero attached hydrogens (tertiary/aromatic N) is 2. The Balaban J connectivity index is 3.20. The molecule has 0 unspecified atom stereocenters. The van der Waals surface area contributed by atoms with E-state index in [2.05, 4.69) is 21.6 Å². The van der Waals surface area contributed by atoms with Crippen LogP contribution in [-0.2, 0) is 4.74 Å². The van der Waals surface area contributed by atoms with Crippen molar-refractivity contribution in [2.75, 3.05) is 19.0 Å². The normalized spacial score (nSPS) is 9.24. The highest BCUT2D eigenvalue weighted by atomic mass is 16.5. The van der Waals surface area contributed by atoms with Crippen LogP contribution in [-0.4, -0.2) is 24.6 Å². The fourth-order valence-corrected chi connectivity index (χ4v) is 1.31. The first-order valence-electron chi connectivity index (χ1n) is 4.98. The molecule has 0 saturated carbocycles. The van der Waals surface area contributed by atoms with Crippen molar-refractivity contribution < 1.29 is 9.53 Å². The summed E-state index contributed by atoms with van der Waals surface area (Å²) in [5.41, 5.74) is 1.12. The Morgan fingerprint density at radius 2 is 2.47 bits per heavy atom. The number of aromatic nitrogens is 1. The average molecular weight is 231 g/mol. The second-order valence-corrected chi connectivity index (χ2v) is 3.29. The number of aryl methyl sites for hydroxylation is 1. The van der Waals surface area contributed by atoms with E-state index in [1.165, 1.54) is 13.2 Å². The van der Waals surface area contributed by atoms with Gasteiger partial charge in [0.05, 0.1) is 23.9 Å². The van der Waals surface area contributed by atoms with Crippen molar-refractivity contribution in [3.63, 3.8) is 0 Å². The van der Waals surface area contributed by atoms with Crippen LogP contribution in [0.3, 0.4) is 0 Å². The minimum Gasteiger partial charge on any atom is -0.465 e. The van der Waals surface area contributed by atoms with Crippen molar-refractivity contribution in [1.82, 2.24) is 4.98 Å². The first-order chi connectivity index (χ1) is 8.13. The quantitative estimate of drug-likeness (QED) is 0.629. The molecule has 0 saturated heterocycles. The highest BCUT2D eigenvalue weighted by Crippen LogP contribution is 2.17. The molecule has 0 spiro atoms. The highest BCUT2D eigenvalue weighted by Gasteiger charge is 2.14. The summed E-state index contributed by atoms with van der Waals surface area (Å²) in [4.78, 5) is 15.6. The molecule has 1 aromatic rings. The van der Waals surface area contributed by atoms with Gasteiger partial charge in [0.1, 0.15) is 11.9 Å². The second-order valence-electron chi connectivity index (χ2n) is 3.29. The number of rotatable bonds is 4. The van der Waals surface area contributed by atoms with E-state index < -0.39 is 5.97 Å². The molecule has 0 atom stereocenters. The van der Waals surface area contributed by atoms with E-state index in [0.29, 0.717) is 29.2 Å². The minimum absolute atomic E-state index is 0.299. The van der Waals surface area contributed by atoms with Gasteiger partial charge in [0.15, 0.2) is 0 Å². The standard InChI is InChI=1S/C12H13N3O2/c1-4-5-14-11-9(7-13)6-10(8(2)15-11)12(16)17-3/h4,6H,1,5H2,2-3H3,(H,14,15). The van der Waals surface area contributed by atoms with Crippen LogP contribution in [0.4, 0.5) is 5.82 Å². The molecule has 0 amide bonds. The van der Waals surface area contributed by atoms with Crippen LogP contribution in [0.2, 0.25) is 0 Å². The molecule has 1 heterocycles. The molecule has 0 aliphatic rings. The lowest BCUT2D eigenvalue weighted by Crippen LogP contribution is -2.10. The number of ether oxygens (including phenoxy) is 1. The molecule has 17 heavy (non-hydrogen) atoms. The zero-order valence-corrected chi connectivity index (χ0v) is 9.78. The summed E-state index contributed by atoms with van der Waals surface area (Å²) in [7, 11) is 1.29. The molecular weight excluding hydrogens is 218 g/mol. The lowest BCUT2D eigenvalue weighted by Gasteiger charge is -2.09. The Labute approximate surface area is 99.7 Å². The van der Waals surface area contributed by atoms with Crippen molar-refractivity contribution in [3.05, 3.63) is 35.5 Å². The van der Waals surface area contributed by atoms with Crippen LogP contribution >= 0.6 is 0 Å². The number of carbonyl (C=O) groups is 1. The van der Waals surface area contributed by atoms with Crippen LogP contribution < -0.4 is 5.32 Å². The molecule has 1 N–H and O–H groups in total. The first-order valence-corrected chi connectivity index (χ1v) is 4.98. The predicted octanol–water partition coefficient (Wildman–Crippen LogP) is 1.65. The summed E-state index contributed by atoms with van der Waals surface area (Å²) in [5.74, 6) is -0.0562. The molecule has 5 nitrogen and oxygen atoms in total. The molecule has 1 aromatic heterocycles. The zero-order valence-electron chi connectivity index (χ0n) is 9.78. The van der Waals surface area contributed by atoms with Crippen LogP contribution in [0.15, 0.2) is 18.7 Å². The van der Waals surface area contributed by atoms with Crippen LogP contribution in [0, 0.1) is 18.3 Å². The molecule has 5 heteroatoms. The molecule has 0 aromatic carbocycles. The fraction of sp³-hybridized carbons (Fsp3) is 0.250. The van der Waals surface area contributed by atoms with Gasteiger partial charge in [0.2, 0.25) is 0 Å². The average Bonchev–Trinajstić information content (AvgIpc) is 2.35.